The van der Waals surface area contributed by atoms with E-state index in [2.05, 4.69) is 46.0 Å². The summed E-state index contributed by atoms with van der Waals surface area (Å²) in [6.07, 6.45) is 2.38. The molecule has 1 aromatic carbocycles. The fourth-order valence-electron chi connectivity index (χ4n) is 2.30. The maximum Gasteiger partial charge on any atom is 0.0484 e. The third kappa shape index (κ3) is 4.09. The summed E-state index contributed by atoms with van der Waals surface area (Å²) < 4.78 is 0. The average Bonchev–Trinajstić information content (AvgIpc) is 2.79. The van der Waals surface area contributed by atoms with Gasteiger partial charge in [0.1, 0.15) is 0 Å². The number of nitrogens with two attached hydrogens (primary N) is 1. The second-order valence-electron chi connectivity index (χ2n) is 4.63. The first-order chi connectivity index (χ1) is 8.38. The Hall–Kier alpha value is -0.940. The quantitative estimate of drug-likeness (QED) is 0.490. The molecule has 17 heavy (non-hydrogen) atoms. The predicted octanol–water partition coefficient (Wildman–Crippen LogP) is 0.314. The summed E-state index contributed by atoms with van der Waals surface area (Å²) in [6, 6.07) is 11.2. The monoisotopic (exact) mass is 234 g/mol. The van der Waals surface area contributed by atoms with Gasteiger partial charge in [-0.2, -0.15) is 0 Å². The van der Waals surface area contributed by atoms with E-state index in [1.54, 1.807) is 0 Å². The Morgan fingerprint density at radius 3 is 2.94 bits per heavy atom. The van der Waals surface area contributed by atoms with Crippen LogP contribution in [0.3, 0.4) is 0 Å². The Morgan fingerprint density at radius 1 is 1.35 bits per heavy atom. The third-order valence-corrected chi connectivity index (χ3v) is 3.23. The van der Waals surface area contributed by atoms with Crippen LogP contribution in [0.5, 0.6) is 0 Å². The van der Waals surface area contributed by atoms with Gasteiger partial charge in [0.15, 0.2) is 0 Å². The fraction of sp³-hybridized carbons (Fsp3) is 0.538. The first-order valence-electron chi connectivity index (χ1n) is 6.31. The van der Waals surface area contributed by atoms with Crippen LogP contribution in [0.15, 0.2) is 30.3 Å². The molecule has 0 saturated carbocycles. The zero-order chi connectivity index (χ0) is 11.9. The summed E-state index contributed by atoms with van der Waals surface area (Å²) in [6.45, 7) is 4.08. The van der Waals surface area contributed by atoms with Gasteiger partial charge in [0.2, 0.25) is 0 Å². The molecule has 0 bridgehead atoms. The number of benzene rings is 1. The zero-order valence-corrected chi connectivity index (χ0v) is 10.2. The van der Waals surface area contributed by atoms with Crippen molar-refractivity contribution in [2.24, 2.45) is 5.84 Å². The van der Waals surface area contributed by atoms with Crippen LogP contribution in [0.1, 0.15) is 12.0 Å². The lowest BCUT2D eigenvalue weighted by atomic mass is 10.1. The number of hydrogen-bond acceptors (Lipinski definition) is 4. The second-order valence-corrected chi connectivity index (χ2v) is 4.63. The molecule has 0 spiro atoms. The minimum absolute atomic E-state index is 0.497. The second kappa shape index (κ2) is 6.71. The minimum atomic E-state index is 0.497. The number of nitrogens with one attached hydrogen (secondary N) is 2. The Bertz CT molecular complexity index is 314. The minimum Gasteiger partial charge on any atom is -0.299 e. The Balaban J connectivity index is 1.63. The van der Waals surface area contributed by atoms with Crippen molar-refractivity contribution in [3.8, 4) is 0 Å². The van der Waals surface area contributed by atoms with Crippen LogP contribution in [0.25, 0.3) is 0 Å². The Labute approximate surface area is 103 Å². The normalized spacial score (nSPS) is 20.9. The van der Waals surface area contributed by atoms with E-state index >= 15 is 0 Å². The third-order valence-electron chi connectivity index (χ3n) is 3.23. The SMILES string of the molecule is NNCC1CN(CCCc2ccccc2)CN1. The molecular weight excluding hydrogens is 212 g/mol. The number of nitrogens with zero attached hydrogens (tertiary/aromatic N) is 1. The molecule has 0 aliphatic carbocycles. The summed E-state index contributed by atoms with van der Waals surface area (Å²) in [5, 5.41) is 3.44. The van der Waals surface area contributed by atoms with Crippen molar-refractivity contribution in [3.63, 3.8) is 0 Å². The Morgan fingerprint density at radius 2 is 2.18 bits per heavy atom. The van der Waals surface area contributed by atoms with Gasteiger partial charge < -0.3 is 0 Å². The van der Waals surface area contributed by atoms with E-state index in [0.717, 1.165) is 32.7 Å². The van der Waals surface area contributed by atoms with Crippen molar-refractivity contribution < 1.29 is 0 Å². The molecule has 0 amide bonds. The van der Waals surface area contributed by atoms with Gasteiger partial charge in [-0.1, -0.05) is 30.3 Å². The number of hydrogen-bond donors (Lipinski definition) is 3. The van der Waals surface area contributed by atoms with Crippen molar-refractivity contribution in [2.75, 3.05) is 26.3 Å². The van der Waals surface area contributed by atoms with Gasteiger partial charge in [0.25, 0.3) is 0 Å². The van der Waals surface area contributed by atoms with E-state index in [0.29, 0.717) is 6.04 Å². The molecule has 94 valence electrons. The van der Waals surface area contributed by atoms with Crippen molar-refractivity contribution >= 4 is 0 Å². The molecule has 4 nitrogen and oxygen atoms in total. The lowest BCUT2D eigenvalue weighted by Crippen LogP contribution is -2.39. The van der Waals surface area contributed by atoms with Crippen molar-refractivity contribution in [1.82, 2.24) is 15.6 Å². The van der Waals surface area contributed by atoms with Crippen molar-refractivity contribution in [1.29, 1.82) is 0 Å². The molecule has 1 fully saturated rings. The van der Waals surface area contributed by atoms with E-state index in [-0.39, 0.29) is 0 Å². The first-order valence-corrected chi connectivity index (χ1v) is 6.31. The van der Waals surface area contributed by atoms with Crippen LogP contribution in [-0.2, 0) is 6.42 Å². The van der Waals surface area contributed by atoms with Gasteiger partial charge in [-0.3, -0.25) is 21.5 Å². The van der Waals surface area contributed by atoms with Crippen LogP contribution < -0.4 is 16.6 Å². The van der Waals surface area contributed by atoms with Gasteiger partial charge in [0, 0.05) is 25.8 Å². The van der Waals surface area contributed by atoms with E-state index in [4.69, 9.17) is 5.84 Å². The highest BCUT2D eigenvalue weighted by Crippen LogP contribution is 2.06. The lowest BCUT2D eigenvalue weighted by Gasteiger charge is -2.14. The van der Waals surface area contributed by atoms with E-state index in [1.165, 1.54) is 12.0 Å². The largest absolute Gasteiger partial charge is 0.299 e. The summed E-state index contributed by atoms with van der Waals surface area (Å²) in [5.41, 5.74) is 4.15. The van der Waals surface area contributed by atoms with Crippen LogP contribution in [0, 0.1) is 0 Å². The maximum absolute atomic E-state index is 5.32. The standard InChI is InChI=1S/C13H22N4/c14-16-9-13-10-17(11-15-13)8-4-7-12-5-2-1-3-6-12/h1-3,5-6,13,15-16H,4,7-11,14H2. The van der Waals surface area contributed by atoms with Gasteiger partial charge >= 0.3 is 0 Å². The van der Waals surface area contributed by atoms with E-state index in [1.807, 2.05) is 0 Å². The Kier molecular flexibility index (Phi) is 4.94. The highest BCUT2D eigenvalue weighted by atomic mass is 15.3. The molecule has 4 heteroatoms. The molecule has 1 atom stereocenters. The summed E-state index contributed by atoms with van der Waals surface area (Å²) in [4.78, 5) is 2.45. The van der Waals surface area contributed by atoms with Crippen molar-refractivity contribution in [2.45, 2.75) is 18.9 Å². The highest BCUT2D eigenvalue weighted by Gasteiger charge is 2.19. The number of rotatable bonds is 6. The summed E-state index contributed by atoms with van der Waals surface area (Å²) >= 11 is 0. The molecule has 1 aliphatic heterocycles. The van der Waals surface area contributed by atoms with Gasteiger partial charge in [-0.15, -0.1) is 0 Å². The topological polar surface area (TPSA) is 53.3 Å². The number of aryl methyl sites for hydroxylation is 1. The molecule has 4 N–H and O–H groups in total. The van der Waals surface area contributed by atoms with Crippen LogP contribution >= 0.6 is 0 Å². The number of hydrazine groups is 1. The van der Waals surface area contributed by atoms with Gasteiger partial charge in [-0.25, -0.2) is 0 Å². The first kappa shape index (κ1) is 12.5. The highest BCUT2D eigenvalue weighted by molar-refractivity contribution is 5.14. The van der Waals surface area contributed by atoms with Gasteiger partial charge in [-0.05, 0) is 24.9 Å². The van der Waals surface area contributed by atoms with Gasteiger partial charge in [0.05, 0.1) is 0 Å². The molecule has 1 heterocycles. The summed E-state index contributed by atoms with van der Waals surface area (Å²) in [5.74, 6) is 5.32. The summed E-state index contributed by atoms with van der Waals surface area (Å²) in [7, 11) is 0. The molecule has 0 aromatic heterocycles. The molecular formula is C13H22N4. The van der Waals surface area contributed by atoms with Crippen LogP contribution in [0.2, 0.25) is 0 Å². The molecule has 1 saturated heterocycles. The zero-order valence-electron chi connectivity index (χ0n) is 10.2. The van der Waals surface area contributed by atoms with E-state index < -0.39 is 0 Å². The van der Waals surface area contributed by atoms with Crippen LogP contribution in [-0.4, -0.2) is 37.2 Å². The smallest absolute Gasteiger partial charge is 0.0484 e. The molecule has 2 rings (SSSR count). The lowest BCUT2D eigenvalue weighted by molar-refractivity contribution is 0.325. The average molecular weight is 234 g/mol. The molecule has 1 unspecified atom stereocenters. The van der Waals surface area contributed by atoms with E-state index in [9.17, 15) is 0 Å². The van der Waals surface area contributed by atoms with Crippen molar-refractivity contribution in [3.05, 3.63) is 35.9 Å². The maximum atomic E-state index is 5.32. The van der Waals surface area contributed by atoms with Crippen LogP contribution in [0.4, 0.5) is 0 Å². The fourth-order valence-corrected chi connectivity index (χ4v) is 2.30. The molecule has 1 aromatic rings. The molecule has 1 aliphatic rings. The molecule has 0 radical (unpaired) electrons. The predicted molar refractivity (Wildman–Crippen MR) is 70.3 cm³/mol.